The molecule has 1 amide bonds. The van der Waals surface area contributed by atoms with Crippen molar-refractivity contribution in [1.29, 1.82) is 0 Å². The van der Waals surface area contributed by atoms with Crippen LogP contribution in [0.15, 0.2) is 41.8 Å². The van der Waals surface area contributed by atoms with E-state index in [9.17, 15) is 9.90 Å². The number of carbonyl (C=O) groups is 1. The maximum atomic E-state index is 12.4. The second kappa shape index (κ2) is 7.45. The molecule has 0 unspecified atom stereocenters. The van der Waals surface area contributed by atoms with E-state index in [1.54, 1.807) is 38.5 Å². The van der Waals surface area contributed by atoms with Crippen molar-refractivity contribution < 1.29 is 19.4 Å². The first-order chi connectivity index (χ1) is 12.5. The SMILES string of the molecule is COc1ccc(OC)c(-c2csc(NC(=O)c3cc(C)ccc3O)n2)c1. The number of hydrogen-bond donors (Lipinski definition) is 2. The molecule has 0 radical (unpaired) electrons. The summed E-state index contributed by atoms with van der Waals surface area (Å²) in [5.74, 6) is 0.860. The van der Waals surface area contributed by atoms with E-state index in [1.807, 2.05) is 18.4 Å². The van der Waals surface area contributed by atoms with E-state index in [2.05, 4.69) is 10.3 Å². The number of benzene rings is 2. The third kappa shape index (κ3) is 3.62. The Bertz CT molecular complexity index is 952. The molecule has 0 aliphatic heterocycles. The number of anilines is 1. The van der Waals surface area contributed by atoms with Gasteiger partial charge in [-0.25, -0.2) is 4.98 Å². The summed E-state index contributed by atoms with van der Waals surface area (Å²) < 4.78 is 10.6. The first-order valence-corrected chi connectivity index (χ1v) is 8.68. The molecule has 134 valence electrons. The Balaban J connectivity index is 1.87. The van der Waals surface area contributed by atoms with Crippen LogP contribution >= 0.6 is 11.3 Å². The first-order valence-electron chi connectivity index (χ1n) is 7.80. The molecule has 3 aromatic rings. The zero-order chi connectivity index (χ0) is 18.7. The van der Waals surface area contributed by atoms with Gasteiger partial charge in [0.15, 0.2) is 5.13 Å². The molecule has 1 heterocycles. The maximum absolute atomic E-state index is 12.4. The summed E-state index contributed by atoms with van der Waals surface area (Å²) >= 11 is 1.29. The Kier molecular flexibility index (Phi) is 5.09. The molecule has 0 saturated heterocycles. The minimum Gasteiger partial charge on any atom is -0.507 e. The highest BCUT2D eigenvalue weighted by molar-refractivity contribution is 7.14. The Morgan fingerprint density at radius 3 is 2.69 bits per heavy atom. The summed E-state index contributed by atoms with van der Waals surface area (Å²) in [6.45, 7) is 1.85. The minimum atomic E-state index is -0.412. The Morgan fingerprint density at radius 1 is 1.15 bits per heavy atom. The highest BCUT2D eigenvalue weighted by Crippen LogP contribution is 2.35. The van der Waals surface area contributed by atoms with Gasteiger partial charge >= 0.3 is 0 Å². The number of ether oxygens (including phenoxy) is 2. The molecule has 0 atom stereocenters. The molecule has 0 saturated carbocycles. The molecular formula is C19H18N2O4S. The van der Waals surface area contributed by atoms with E-state index >= 15 is 0 Å². The fourth-order valence-corrected chi connectivity index (χ4v) is 3.17. The van der Waals surface area contributed by atoms with E-state index in [0.717, 1.165) is 11.1 Å². The summed E-state index contributed by atoms with van der Waals surface area (Å²) in [6.07, 6.45) is 0. The number of aromatic hydroxyl groups is 1. The average Bonchev–Trinajstić information content (AvgIpc) is 3.11. The lowest BCUT2D eigenvalue weighted by Crippen LogP contribution is -2.12. The first kappa shape index (κ1) is 17.8. The van der Waals surface area contributed by atoms with Crippen molar-refractivity contribution in [3.05, 3.63) is 52.9 Å². The average molecular weight is 370 g/mol. The third-order valence-corrected chi connectivity index (χ3v) is 4.56. The molecule has 3 rings (SSSR count). The number of phenolic OH excluding ortho intramolecular Hbond substituents is 1. The Morgan fingerprint density at radius 2 is 1.96 bits per heavy atom. The van der Waals surface area contributed by atoms with Gasteiger partial charge in [0.25, 0.3) is 5.91 Å². The number of methoxy groups -OCH3 is 2. The molecule has 0 fully saturated rings. The number of nitrogens with zero attached hydrogens (tertiary/aromatic N) is 1. The second-order valence-electron chi connectivity index (χ2n) is 5.58. The number of rotatable bonds is 5. The van der Waals surface area contributed by atoms with Gasteiger partial charge in [0, 0.05) is 10.9 Å². The van der Waals surface area contributed by atoms with Crippen LogP contribution in [0, 0.1) is 6.92 Å². The molecule has 0 aliphatic carbocycles. The zero-order valence-corrected chi connectivity index (χ0v) is 15.4. The van der Waals surface area contributed by atoms with Crippen LogP contribution < -0.4 is 14.8 Å². The Labute approximate surface area is 155 Å². The normalized spacial score (nSPS) is 10.4. The standard InChI is InChI=1S/C19H18N2O4S/c1-11-4-6-16(22)14(8-11)18(23)21-19-20-15(10-26-19)13-9-12(24-2)5-7-17(13)25-3/h4-10,22H,1-3H3,(H,20,21,23). The predicted molar refractivity (Wildman–Crippen MR) is 101 cm³/mol. The van der Waals surface area contributed by atoms with E-state index in [-0.39, 0.29) is 11.3 Å². The molecule has 6 nitrogen and oxygen atoms in total. The van der Waals surface area contributed by atoms with Crippen molar-refractivity contribution in [2.75, 3.05) is 19.5 Å². The van der Waals surface area contributed by atoms with Crippen LogP contribution in [0.3, 0.4) is 0 Å². The lowest BCUT2D eigenvalue weighted by molar-refractivity contribution is 0.102. The minimum absolute atomic E-state index is 0.0701. The number of amides is 1. The molecule has 7 heteroatoms. The molecule has 26 heavy (non-hydrogen) atoms. The molecular weight excluding hydrogens is 352 g/mol. The van der Waals surface area contributed by atoms with Crippen molar-refractivity contribution in [3.63, 3.8) is 0 Å². The summed E-state index contributed by atoms with van der Waals surface area (Å²) in [7, 11) is 3.17. The number of carbonyl (C=O) groups excluding carboxylic acids is 1. The highest BCUT2D eigenvalue weighted by atomic mass is 32.1. The predicted octanol–water partition coefficient (Wildman–Crippen LogP) is 4.09. The van der Waals surface area contributed by atoms with Crippen molar-refractivity contribution in [1.82, 2.24) is 4.98 Å². The van der Waals surface area contributed by atoms with Crippen LogP contribution in [0.1, 0.15) is 15.9 Å². The van der Waals surface area contributed by atoms with Crippen LogP contribution in [0.25, 0.3) is 11.3 Å². The second-order valence-corrected chi connectivity index (χ2v) is 6.44. The number of phenols is 1. The van der Waals surface area contributed by atoms with Crippen LogP contribution in [-0.4, -0.2) is 30.2 Å². The smallest absolute Gasteiger partial charge is 0.261 e. The monoisotopic (exact) mass is 370 g/mol. The largest absolute Gasteiger partial charge is 0.507 e. The molecule has 0 spiro atoms. The van der Waals surface area contributed by atoms with Gasteiger partial charge in [0.2, 0.25) is 0 Å². The number of thiazole rings is 1. The zero-order valence-electron chi connectivity index (χ0n) is 14.6. The lowest BCUT2D eigenvalue weighted by atomic mass is 10.1. The van der Waals surface area contributed by atoms with Gasteiger partial charge in [-0.1, -0.05) is 11.6 Å². The van der Waals surface area contributed by atoms with E-state index in [1.165, 1.54) is 17.4 Å². The molecule has 2 aromatic carbocycles. The molecule has 0 bridgehead atoms. The summed E-state index contributed by atoms with van der Waals surface area (Å²) in [6, 6.07) is 10.3. The van der Waals surface area contributed by atoms with Gasteiger partial charge in [0.1, 0.15) is 17.2 Å². The molecule has 0 aliphatic rings. The van der Waals surface area contributed by atoms with Crippen molar-refractivity contribution in [2.24, 2.45) is 0 Å². The summed E-state index contributed by atoms with van der Waals surface area (Å²) in [5, 5.41) is 14.9. The Hall–Kier alpha value is -3.06. The lowest BCUT2D eigenvalue weighted by Gasteiger charge is -2.08. The fourth-order valence-electron chi connectivity index (χ4n) is 2.47. The quantitative estimate of drug-likeness (QED) is 0.707. The van der Waals surface area contributed by atoms with Gasteiger partial charge in [0.05, 0.1) is 25.5 Å². The number of nitrogens with one attached hydrogen (secondary N) is 1. The van der Waals surface area contributed by atoms with Gasteiger partial charge < -0.3 is 14.6 Å². The van der Waals surface area contributed by atoms with E-state index < -0.39 is 5.91 Å². The summed E-state index contributed by atoms with van der Waals surface area (Å²) in [4.78, 5) is 16.9. The van der Waals surface area contributed by atoms with Crippen LogP contribution in [-0.2, 0) is 0 Å². The van der Waals surface area contributed by atoms with E-state index in [0.29, 0.717) is 22.3 Å². The van der Waals surface area contributed by atoms with Crippen LogP contribution in [0.4, 0.5) is 5.13 Å². The highest BCUT2D eigenvalue weighted by Gasteiger charge is 2.15. The fraction of sp³-hybridized carbons (Fsp3) is 0.158. The molecule has 1 aromatic heterocycles. The number of aromatic nitrogens is 1. The third-order valence-electron chi connectivity index (χ3n) is 3.80. The van der Waals surface area contributed by atoms with E-state index in [4.69, 9.17) is 9.47 Å². The maximum Gasteiger partial charge on any atom is 0.261 e. The van der Waals surface area contributed by atoms with Gasteiger partial charge in [-0.3, -0.25) is 10.1 Å². The van der Waals surface area contributed by atoms with Crippen molar-refractivity contribution in [2.45, 2.75) is 6.92 Å². The molecule has 2 N–H and O–H groups in total. The summed E-state index contributed by atoms with van der Waals surface area (Å²) in [5.41, 5.74) is 2.52. The van der Waals surface area contributed by atoms with Gasteiger partial charge in [-0.2, -0.15) is 0 Å². The van der Waals surface area contributed by atoms with Crippen LogP contribution in [0.2, 0.25) is 0 Å². The van der Waals surface area contributed by atoms with Crippen molar-refractivity contribution in [3.8, 4) is 28.5 Å². The topological polar surface area (TPSA) is 80.7 Å². The van der Waals surface area contributed by atoms with Crippen molar-refractivity contribution >= 4 is 22.4 Å². The number of hydrogen-bond acceptors (Lipinski definition) is 6. The van der Waals surface area contributed by atoms with Gasteiger partial charge in [-0.05, 0) is 37.3 Å². The number of aryl methyl sites for hydroxylation is 1. The van der Waals surface area contributed by atoms with Gasteiger partial charge in [-0.15, -0.1) is 11.3 Å². The van der Waals surface area contributed by atoms with Crippen LogP contribution in [0.5, 0.6) is 17.2 Å².